The highest BCUT2D eigenvalue weighted by Crippen LogP contribution is 2.15. The van der Waals surface area contributed by atoms with E-state index in [1.165, 1.54) is 19.3 Å². The van der Waals surface area contributed by atoms with Gasteiger partial charge in [0.25, 0.3) is 5.91 Å². The van der Waals surface area contributed by atoms with Crippen molar-refractivity contribution in [3.05, 3.63) is 47.8 Å². The van der Waals surface area contributed by atoms with E-state index in [0.29, 0.717) is 30.2 Å². The minimum atomic E-state index is -0.0433. The number of anilines is 2. The molecule has 1 N–H and O–H groups in total. The summed E-state index contributed by atoms with van der Waals surface area (Å²) in [4.78, 5) is 36.3. The Morgan fingerprint density at radius 3 is 2.36 bits per heavy atom. The topological polar surface area (TPSA) is 78.4 Å². The highest BCUT2D eigenvalue weighted by Gasteiger charge is 2.20. The van der Waals surface area contributed by atoms with Gasteiger partial charge in [-0.05, 0) is 26.1 Å². The van der Waals surface area contributed by atoms with Crippen molar-refractivity contribution in [2.45, 2.75) is 6.92 Å². The third kappa shape index (κ3) is 4.19. The average Bonchev–Trinajstić information content (AvgIpc) is 2.63. The number of carbonyl (C=O) groups excluding carboxylic acids is 2. The van der Waals surface area contributed by atoms with Crippen LogP contribution in [0.3, 0.4) is 0 Å². The van der Waals surface area contributed by atoms with Gasteiger partial charge < -0.3 is 15.1 Å². The second-order valence-electron chi connectivity index (χ2n) is 6.15. The van der Waals surface area contributed by atoms with Crippen LogP contribution in [0.25, 0.3) is 0 Å². The molecule has 0 radical (unpaired) electrons. The van der Waals surface area contributed by atoms with Crippen molar-refractivity contribution in [2.75, 3.05) is 38.5 Å². The predicted octanol–water partition coefficient (Wildman–Crippen LogP) is 1.81. The van der Waals surface area contributed by atoms with Crippen LogP contribution in [0.4, 0.5) is 11.6 Å². The highest BCUT2D eigenvalue weighted by atomic mass is 16.2. The minimum absolute atomic E-state index is 0.00214. The fourth-order valence-electron chi connectivity index (χ4n) is 2.64. The summed E-state index contributed by atoms with van der Waals surface area (Å²) in [6, 6.07) is 7.13. The summed E-state index contributed by atoms with van der Waals surface area (Å²) in [6.45, 7) is 4.70. The maximum absolute atomic E-state index is 12.5. The number of likely N-dealkylation sites (N-methyl/N-ethyl adjacent to an activating group) is 1. The van der Waals surface area contributed by atoms with Crippen molar-refractivity contribution in [2.24, 2.45) is 0 Å². The zero-order valence-corrected chi connectivity index (χ0v) is 14.4. The van der Waals surface area contributed by atoms with Crippen LogP contribution >= 0.6 is 0 Å². The standard InChI is InChI=1S/C18H21N5O2/c1-13(24)14-4-3-5-16(10-14)21-18-19-11-15(12-20-18)17(25)23-8-6-22(2)7-9-23/h3-5,10-12H,6-9H2,1-2H3,(H,19,20,21). The number of nitrogens with one attached hydrogen (secondary N) is 1. The van der Waals surface area contributed by atoms with Crippen molar-refractivity contribution < 1.29 is 9.59 Å². The van der Waals surface area contributed by atoms with E-state index in [4.69, 9.17) is 0 Å². The average molecular weight is 339 g/mol. The Morgan fingerprint density at radius 2 is 1.72 bits per heavy atom. The SMILES string of the molecule is CC(=O)c1cccc(Nc2ncc(C(=O)N3CCN(C)CC3)cn2)c1. The van der Waals surface area contributed by atoms with Gasteiger partial charge in [-0.25, -0.2) is 9.97 Å². The molecule has 1 saturated heterocycles. The van der Waals surface area contributed by atoms with Crippen LogP contribution in [0.2, 0.25) is 0 Å². The van der Waals surface area contributed by atoms with Gasteiger partial charge in [-0.15, -0.1) is 0 Å². The molecule has 1 aliphatic rings. The van der Waals surface area contributed by atoms with Crippen LogP contribution in [0.5, 0.6) is 0 Å². The summed E-state index contributed by atoms with van der Waals surface area (Å²) < 4.78 is 0. The summed E-state index contributed by atoms with van der Waals surface area (Å²) in [5, 5.41) is 3.04. The third-order valence-electron chi connectivity index (χ3n) is 4.21. The van der Waals surface area contributed by atoms with Crippen LogP contribution in [0.15, 0.2) is 36.7 Å². The van der Waals surface area contributed by atoms with Crippen molar-refractivity contribution in [3.63, 3.8) is 0 Å². The number of aromatic nitrogens is 2. The van der Waals surface area contributed by atoms with Crippen molar-refractivity contribution in [3.8, 4) is 0 Å². The second-order valence-corrected chi connectivity index (χ2v) is 6.15. The fraction of sp³-hybridized carbons (Fsp3) is 0.333. The maximum atomic E-state index is 12.5. The zero-order chi connectivity index (χ0) is 17.8. The van der Waals surface area contributed by atoms with Gasteiger partial charge in [-0.2, -0.15) is 0 Å². The first-order valence-corrected chi connectivity index (χ1v) is 8.21. The number of hydrogen-bond donors (Lipinski definition) is 1. The molecule has 0 aliphatic carbocycles. The van der Waals surface area contributed by atoms with Gasteiger partial charge in [0.2, 0.25) is 5.95 Å². The van der Waals surface area contributed by atoms with Crippen LogP contribution < -0.4 is 5.32 Å². The molecule has 0 saturated carbocycles. The van der Waals surface area contributed by atoms with E-state index < -0.39 is 0 Å². The third-order valence-corrected chi connectivity index (χ3v) is 4.21. The smallest absolute Gasteiger partial charge is 0.257 e. The van der Waals surface area contributed by atoms with E-state index in [-0.39, 0.29) is 11.7 Å². The van der Waals surface area contributed by atoms with E-state index >= 15 is 0 Å². The molecule has 25 heavy (non-hydrogen) atoms. The predicted molar refractivity (Wildman–Crippen MR) is 95.2 cm³/mol. The molecule has 1 aromatic carbocycles. The van der Waals surface area contributed by atoms with Crippen LogP contribution in [-0.4, -0.2) is 64.7 Å². The summed E-state index contributed by atoms with van der Waals surface area (Å²) in [6.07, 6.45) is 3.07. The van der Waals surface area contributed by atoms with Gasteiger partial charge in [0, 0.05) is 49.8 Å². The molecule has 7 nitrogen and oxygen atoms in total. The Labute approximate surface area is 146 Å². The highest BCUT2D eigenvalue weighted by molar-refractivity contribution is 5.95. The Bertz CT molecular complexity index is 767. The molecule has 0 bridgehead atoms. The van der Waals surface area contributed by atoms with Crippen LogP contribution in [0, 0.1) is 0 Å². The molecule has 1 aliphatic heterocycles. The minimum Gasteiger partial charge on any atom is -0.336 e. The van der Waals surface area contributed by atoms with E-state index in [0.717, 1.165) is 18.8 Å². The number of carbonyl (C=O) groups is 2. The number of amides is 1. The van der Waals surface area contributed by atoms with E-state index in [1.54, 1.807) is 18.2 Å². The van der Waals surface area contributed by atoms with Crippen molar-refractivity contribution in [1.82, 2.24) is 19.8 Å². The van der Waals surface area contributed by atoms with Gasteiger partial charge in [0.15, 0.2) is 5.78 Å². The number of hydrogen-bond acceptors (Lipinski definition) is 6. The Morgan fingerprint density at radius 1 is 1.04 bits per heavy atom. The Hall–Kier alpha value is -2.80. The van der Waals surface area contributed by atoms with Crippen molar-refractivity contribution in [1.29, 1.82) is 0 Å². The number of piperazine rings is 1. The lowest BCUT2D eigenvalue weighted by molar-refractivity contribution is 0.0663. The molecule has 1 fully saturated rings. The molecular weight excluding hydrogens is 318 g/mol. The number of rotatable bonds is 4. The van der Waals surface area contributed by atoms with Crippen LogP contribution in [0.1, 0.15) is 27.6 Å². The number of nitrogens with zero attached hydrogens (tertiary/aromatic N) is 4. The summed E-state index contributed by atoms with van der Waals surface area (Å²) in [5.41, 5.74) is 1.82. The molecule has 0 atom stereocenters. The molecule has 1 aromatic heterocycles. The molecule has 3 rings (SSSR count). The number of benzene rings is 1. The quantitative estimate of drug-likeness (QED) is 0.856. The molecular formula is C18H21N5O2. The lowest BCUT2D eigenvalue weighted by Gasteiger charge is -2.32. The lowest BCUT2D eigenvalue weighted by Crippen LogP contribution is -2.47. The Kier molecular flexibility index (Phi) is 5.04. The maximum Gasteiger partial charge on any atom is 0.257 e. The van der Waals surface area contributed by atoms with E-state index in [2.05, 4.69) is 20.2 Å². The molecule has 7 heteroatoms. The molecule has 2 aromatic rings. The number of ketones is 1. The normalized spacial score (nSPS) is 15.0. The van der Waals surface area contributed by atoms with Crippen molar-refractivity contribution >= 4 is 23.3 Å². The summed E-state index contributed by atoms with van der Waals surface area (Å²) in [5.74, 6) is 0.339. The zero-order valence-electron chi connectivity index (χ0n) is 14.4. The number of Topliss-reactive ketones (excluding diaryl/α,β-unsaturated/α-hetero) is 1. The van der Waals surface area contributed by atoms with Gasteiger partial charge in [0.1, 0.15) is 0 Å². The monoisotopic (exact) mass is 339 g/mol. The first kappa shape index (κ1) is 17.0. The van der Waals surface area contributed by atoms with Gasteiger partial charge in [-0.3, -0.25) is 9.59 Å². The Balaban J connectivity index is 1.67. The fourth-order valence-corrected chi connectivity index (χ4v) is 2.64. The van der Waals surface area contributed by atoms with E-state index in [9.17, 15) is 9.59 Å². The first-order valence-electron chi connectivity index (χ1n) is 8.21. The van der Waals surface area contributed by atoms with E-state index in [1.807, 2.05) is 18.0 Å². The van der Waals surface area contributed by atoms with Gasteiger partial charge in [-0.1, -0.05) is 12.1 Å². The molecule has 2 heterocycles. The molecule has 0 spiro atoms. The second kappa shape index (κ2) is 7.40. The first-order chi connectivity index (χ1) is 12.0. The summed E-state index contributed by atoms with van der Waals surface area (Å²) >= 11 is 0. The van der Waals surface area contributed by atoms with Gasteiger partial charge >= 0.3 is 0 Å². The molecule has 130 valence electrons. The molecule has 0 unspecified atom stereocenters. The molecule has 1 amide bonds. The lowest BCUT2D eigenvalue weighted by atomic mass is 10.1. The largest absolute Gasteiger partial charge is 0.336 e. The van der Waals surface area contributed by atoms with Gasteiger partial charge in [0.05, 0.1) is 5.56 Å². The summed E-state index contributed by atoms with van der Waals surface area (Å²) in [7, 11) is 2.05. The van der Waals surface area contributed by atoms with Crippen LogP contribution in [-0.2, 0) is 0 Å².